The number of hydrogen-bond acceptors (Lipinski definition) is 2. The Bertz CT molecular complexity index is 701. The lowest BCUT2D eigenvalue weighted by molar-refractivity contribution is 0.0612. The molecule has 0 radical (unpaired) electrons. The number of rotatable bonds is 3. The monoisotopic (exact) mass is 336 g/mol. The second-order valence-electron chi connectivity index (χ2n) is 8.00. The molecule has 0 N–H and O–H groups in total. The van der Waals surface area contributed by atoms with E-state index in [2.05, 4.69) is 48.9 Å². The summed E-state index contributed by atoms with van der Waals surface area (Å²) >= 11 is 0. The van der Waals surface area contributed by atoms with Crippen molar-refractivity contribution in [1.29, 1.82) is 0 Å². The maximum absolute atomic E-state index is 13.1. The molecule has 1 amide bonds. The van der Waals surface area contributed by atoms with Gasteiger partial charge in [-0.1, -0.05) is 39.0 Å². The van der Waals surface area contributed by atoms with Crippen LogP contribution < -0.4 is 0 Å². The van der Waals surface area contributed by atoms with Crippen LogP contribution in [-0.4, -0.2) is 28.4 Å². The molecule has 1 saturated heterocycles. The van der Waals surface area contributed by atoms with Gasteiger partial charge >= 0.3 is 0 Å². The normalized spacial score (nSPS) is 18.2. The fourth-order valence-corrected chi connectivity index (χ4v) is 3.52. The van der Waals surface area contributed by atoms with Crippen LogP contribution in [0.25, 0.3) is 0 Å². The highest BCUT2D eigenvalue weighted by molar-refractivity contribution is 5.94. The van der Waals surface area contributed by atoms with Crippen LogP contribution >= 0.6 is 0 Å². The van der Waals surface area contributed by atoms with E-state index in [0.29, 0.717) is 0 Å². The molecule has 0 saturated carbocycles. The second-order valence-corrected chi connectivity index (χ2v) is 8.00. The quantitative estimate of drug-likeness (QED) is 0.819. The van der Waals surface area contributed by atoms with Gasteiger partial charge in [0, 0.05) is 36.5 Å². The Morgan fingerprint density at radius 3 is 2.52 bits per heavy atom. The molecule has 0 spiro atoms. The van der Waals surface area contributed by atoms with E-state index in [9.17, 15) is 4.79 Å². The van der Waals surface area contributed by atoms with Gasteiger partial charge in [-0.2, -0.15) is 0 Å². The molecule has 1 atom stereocenters. The molecule has 1 fully saturated rings. The predicted octanol–water partition coefficient (Wildman–Crippen LogP) is 4.62. The Balaban J connectivity index is 1.76. The van der Waals surface area contributed by atoms with Crippen molar-refractivity contribution in [3.63, 3.8) is 0 Å². The van der Waals surface area contributed by atoms with Gasteiger partial charge < -0.3 is 4.90 Å². The van der Waals surface area contributed by atoms with Gasteiger partial charge in [0.15, 0.2) is 0 Å². The summed E-state index contributed by atoms with van der Waals surface area (Å²) in [4.78, 5) is 19.6. The first-order chi connectivity index (χ1) is 11.9. The minimum atomic E-state index is 0.105. The molecule has 0 bridgehead atoms. The number of pyridine rings is 1. The van der Waals surface area contributed by atoms with Crippen LogP contribution in [0, 0.1) is 0 Å². The van der Waals surface area contributed by atoms with Crippen LogP contribution in [0.3, 0.4) is 0 Å². The van der Waals surface area contributed by atoms with E-state index in [1.165, 1.54) is 12.0 Å². The number of nitrogens with zero attached hydrogens (tertiary/aromatic N) is 2. The summed E-state index contributed by atoms with van der Waals surface area (Å²) in [5, 5.41) is 0. The molecule has 0 aliphatic carbocycles. The Morgan fingerprint density at radius 1 is 1.12 bits per heavy atom. The van der Waals surface area contributed by atoms with E-state index in [1.54, 1.807) is 0 Å². The average Bonchev–Trinajstić information content (AvgIpc) is 2.62. The van der Waals surface area contributed by atoms with Crippen molar-refractivity contribution in [2.24, 2.45) is 0 Å². The second kappa shape index (κ2) is 7.38. The van der Waals surface area contributed by atoms with Gasteiger partial charge in [0.2, 0.25) is 0 Å². The molecule has 3 rings (SSSR count). The molecule has 1 aliphatic rings. The van der Waals surface area contributed by atoms with Gasteiger partial charge in [-0.3, -0.25) is 9.78 Å². The Morgan fingerprint density at radius 2 is 1.88 bits per heavy atom. The van der Waals surface area contributed by atoms with Crippen LogP contribution in [0.1, 0.15) is 61.6 Å². The standard InChI is InChI=1S/C22H28N2O/c1-22(2,3)18-12-10-17(11-13-18)21(25)24-15-7-5-9-20(24)16-19-8-4-6-14-23-19/h4,6,8,10-14,20H,5,7,9,15-16H2,1-3H3. The third-order valence-electron chi connectivity index (χ3n) is 5.06. The van der Waals surface area contributed by atoms with Crippen molar-refractivity contribution in [2.75, 3.05) is 6.54 Å². The van der Waals surface area contributed by atoms with Crippen molar-refractivity contribution >= 4 is 5.91 Å². The Hall–Kier alpha value is -2.16. The molecule has 132 valence electrons. The van der Waals surface area contributed by atoms with Crippen LogP contribution in [-0.2, 0) is 11.8 Å². The minimum Gasteiger partial charge on any atom is -0.335 e. The summed E-state index contributed by atoms with van der Waals surface area (Å²) in [6.07, 6.45) is 6.00. The summed E-state index contributed by atoms with van der Waals surface area (Å²) < 4.78 is 0. The third-order valence-corrected chi connectivity index (χ3v) is 5.06. The minimum absolute atomic E-state index is 0.105. The molecule has 1 aliphatic heterocycles. The topological polar surface area (TPSA) is 33.2 Å². The van der Waals surface area contributed by atoms with E-state index in [-0.39, 0.29) is 17.4 Å². The van der Waals surface area contributed by atoms with E-state index < -0.39 is 0 Å². The lowest BCUT2D eigenvalue weighted by atomic mass is 9.86. The van der Waals surface area contributed by atoms with Gasteiger partial charge in [0.25, 0.3) is 5.91 Å². The van der Waals surface area contributed by atoms with Crippen molar-refractivity contribution in [1.82, 2.24) is 9.88 Å². The number of carbonyl (C=O) groups excluding carboxylic acids is 1. The van der Waals surface area contributed by atoms with Crippen LogP contribution in [0.4, 0.5) is 0 Å². The Labute approximate surface area is 151 Å². The molecule has 1 aromatic heterocycles. The van der Waals surface area contributed by atoms with E-state index in [0.717, 1.165) is 37.1 Å². The molecule has 25 heavy (non-hydrogen) atoms. The zero-order valence-corrected chi connectivity index (χ0v) is 15.5. The van der Waals surface area contributed by atoms with Crippen LogP contribution in [0.5, 0.6) is 0 Å². The summed E-state index contributed by atoms with van der Waals surface area (Å²) in [5.41, 5.74) is 3.22. The first-order valence-electron chi connectivity index (χ1n) is 9.26. The molecule has 3 heteroatoms. The lowest BCUT2D eigenvalue weighted by Crippen LogP contribution is -2.45. The lowest BCUT2D eigenvalue weighted by Gasteiger charge is -2.36. The zero-order valence-electron chi connectivity index (χ0n) is 15.5. The van der Waals surface area contributed by atoms with E-state index >= 15 is 0 Å². The van der Waals surface area contributed by atoms with Crippen molar-refractivity contribution in [3.8, 4) is 0 Å². The first-order valence-corrected chi connectivity index (χ1v) is 9.26. The highest BCUT2D eigenvalue weighted by atomic mass is 16.2. The van der Waals surface area contributed by atoms with Crippen molar-refractivity contribution < 1.29 is 4.79 Å². The first kappa shape index (κ1) is 17.7. The summed E-state index contributed by atoms with van der Waals surface area (Å²) in [6.45, 7) is 7.42. The smallest absolute Gasteiger partial charge is 0.254 e. The van der Waals surface area contributed by atoms with Gasteiger partial charge in [-0.05, 0) is 54.5 Å². The van der Waals surface area contributed by atoms with Crippen molar-refractivity contribution in [3.05, 3.63) is 65.5 Å². The van der Waals surface area contributed by atoms with Gasteiger partial charge in [0.05, 0.1) is 0 Å². The number of carbonyl (C=O) groups is 1. The zero-order chi connectivity index (χ0) is 17.9. The van der Waals surface area contributed by atoms with Gasteiger partial charge in [0.1, 0.15) is 0 Å². The predicted molar refractivity (Wildman–Crippen MR) is 102 cm³/mol. The molecule has 1 aromatic carbocycles. The van der Waals surface area contributed by atoms with Crippen molar-refractivity contribution in [2.45, 2.75) is 57.9 Å². The average molecular weight is 336 g/mol. The van der Waals surface area contributed by atoms with Gasteiger partial charge in [-0.25, -0.2) is 0 Å². The summed E-state index contributed by atoms with van der Waals surface area (Å²) in [7, 11) is 0. The van der Waals surface area contributed by atoms with Crippen LogP contribution in [0.15, 0.2) is 48.7 Å². The third kappa shape index (κ3) is 4.28. The number of amides is 1. The SMILES string of the molecule is CC(C)(C)c1ccc(C(=O)N2CCCCC2Cc2ccccn2)cc1. The highest BCUT2D eigenvalue weighted by Crippen LogP contribution is 2.25. The number of aromatic nitrogens is 1. The number of piperidine rings is 1. The molecule has 1 unspecified atom stereocenters. The maximum atomic E-state index is 13.1. The summed E-state index contributed by atoms with van der Waals surface area (Å²) in [5.74, 6) is 0.154. The van der Waals surface area contributed by atoms with E-state index in [1.807, 2.05) is 30.5 Å². The van der Waals surface area contributed by atoms with Gasteiger partial charge in [-0.15, -0.1) is 0 Å². The largest absolute Gasteiger partial charge is 0.335 e. The summed E-state index contributed by atoms with van der Waals surface area (Å²) in [6, 6.07) is 14.4. The number of likely N-dealkylation sites (tertiary alicyclic amines) is 1. The highest BCUT2D eigenvalue weighted by Gasteiger charge is 2.28. The molecule has 3 nitrogen and oxygen atoms in total. The fraction of sp³-hybridized carbons (Fsp3) is 0.455. The molecular weight excluding hydrogens is 308 g/mol. The number of benzene rings is 1. The fourth-order valence-electron chi connectivity index (χ4n) is 3.52. The maximum Gasteiger partial charge on any atom is 0.254 e. The number of hydrogen-bond donors (Lipinski definition) is 0. The molecule has 2 aromatic rings. The van der Waals surface area contributed by atoms with E-state index in [4.69, 9.17) is 0 Å². The molecular formula is C22H28N2O. The Kier molecular flexibility index (Phi) is 5.22. The van der Waals surface area contributed by atoms with Crippen LogP contribution in [0.2, 0.25) is 0 Å². The molecule has 2 heterocycles.